The van der Waals surface area contributed by atoms with Crippen LogP contribution in [-0.4, -0.2) is 79.0 Å². The Hall–Kier alpha value is -2.91. The number of carbonyl (C=O) groups excluding carboxylic acids is 2. The molecule has 0 unspecified atom stereocenters. The third kappa shape index (κ3) is 5.04. The van der Waals surface area contributed by atoms with Gasteiger partial charge < -0.3 is 25.3 Å². The quantitative estimate of drug-likeness (QED) is 0.665. The van der Waals surface area contributed by atoms with Gasteiger partial charge in [-0.3, -0.25) is 9.59 Å². The molecule has 3 heterocycles. The molecule has 0 radical (unpaired) electrons. The number of likely N-dealkylation sites (N-methyl/N-ethyl adjacent to an activating group) is 1. The van der Waals surface area contributed by atoms with E-state index in [4.69, 9.17) is 11.6 Å². The number of amides is 2. The lowest BCUT2D eigenvalue weighted by Crippen LogP contribution is -2.52. The summed E-state index contributed by atoms with van der Waals surface area (Å²) in [6.07, 6.45) is 1.51. The molecule has 9 nitrogen and oxygen atoms in total. The molecule has 1 fully saturated rings. The lowest BCUT2D eigenvalue weighted by atomic mass is 9.96. The summed E-state index contributed by atoms with van der Waals surface area (Å²) in [4.78, 5) is 40.1. The Morgan fingerprint density at radius 2 is 1.85 bits per heavy atom. The first kappa shape index (κ1) is 23.3. The number of hydrogen-bond donors (Lipinski definition) is 2. The third-order valence-electron chi connectivity index (χ3n) is 6.11. The van der Waals surface area contributed by atoms with E-state index in [1.54, 1.807) is 11.9 Å². The Morgan fingerprint density at radius 3 is 2.52 bits per heavy atom. The van der Waals surface area contributed by atoms with E-state index in [2.05, 4.69) is 39.3 Å². The Labute approximate surface area is 199 Å². The number of hydrogen-bond acceptors (Lipinski definition) is 7. The van der Waals surface area contributed by atoms with E-state index in [0.29, 0.717) is 55.1 Å². The first-order valence-electron chi connectivity index (χ1n) is 11.2. The van der Waals surface area contributed by atoms with E-state index in [9.17, 15) is 9.59 Å². The third-order valence-corrected chi connectivity index (χ3v) is 6.36. The van der Waals surface area contributed by atoms with Crippen LogP contribution in [0.2, 0.25) is 5.02 Å². The number of piperazine rings is 1. The van der Waals surface area contributed by atoms with Crippen molar-refractivity contribution in [3.05, 3.63) is 41.2 Å². The Bertz CT molecular complexity index is 1010. The molecule has 1 atom stereocenters. The Kier molecular flexibility index (Phi) is 6.99. The van der Waals surface area contributed by atoms with Crippen molar-refractivity contribution in [3.63, 3.8) is 0 Å². The summed E-state index contributed by atoms with van der Waals surface area (Å²) >= 11 is 6.06. The molecule has 2 aliphatic heterocycles. The Morgan fingerprint density at radius 1 is 1.15 bits per heavy atom. The fourth-order valence-electron chi connectivity index (χ4n) is 4.20. The van der Waals surface area contributed by atoms with Gasteiger partial charge in [0.2, 0.25) is 11.8 Å². The normalized spacial score (nSPS) is 17.1. The summed E-state index contributed by atoms with van der Waals surface area (Å²) in [7, 11) is 1.74. The fourth-order valence-corrected chi connectivity index (χ4v) is 4.32. The zero-order valence-electron chi connectivity index (χ0n) is 19.2. The second-order valence-corrected chi connectivity index (χ2v) is 9.12. The SMILES string of the molecule is CC(C)NC[C@@H](C(=O)N1CCN(c2ncnc3c2N(C)C(=O)CN3)CC1)c1ccc(Cl)cc1. The van der Waals surface area contributed by atoms with Crippen molar-refractivity contribution in [1.82, 2.24) is 20.2 Å². The van der Waals surface area contributed by atoms with Crippen LogP contribution < -0.4 is 20.4 Å². The zero-order chi connectivity index (χ0) is 23.5. The maximum Gasteiger partial charge on any atom is 0.246 e. The number of anilines is 3. The Balaban J connectivity index is 1.48. The summed E-state index contributed by atoms with van der Waals surface area (Å²) in [6.45, 7) is 7.34. The molecule has 176 valence electrons. The van der Waals surface area contributed by atoms with Crippen molar-refractivity contribution in [1.29, 1.82) is 0 Å². The van der Waals surface area contributed by atoms with Crippen LogP contribution in [0, 0.1) is 0 Å². The number of rotatable bonds is 6. The maximum atomic E-state index is 13.5. The van der Waals surface area contributed by atoms with Crippen molar-refractivity contribution in [2.75, 3.05) is 61.4 Å². The molecule has 2 amide bonds. The van der Waals surface area contributed by atoms with Gasteiger partial charge >= 0.3 is 0 Å². The van der Waals surface area contributed by atoms with Crippen molar-refractivity contribution in [3.8, 4) is 0 Å². The number of benzene rings is 1. The molecule has 0 spiro atoms. The number of nitrogens with one attached hydrogen (secondary N) is 2. The van der Waals surface area contributed by atoms with Crippen LogP contribution in [0.15, 0.2) is 30.6 Å². The minimum Gasteiger partial charge on any atom is -0.359 e. The van der Waals surface area contributed by atoms with E-state index in [1.165, 1.54) is 6.33 Å². The summed E-state index contributed by atoms with van der Waals surface area (Å²) < 4.78 is 0. The molecule has 33 heavy (non-hydrogen) atoms. The topological polar surface area (TPSA) is 93.7 Å². The van der Waals surface area contributed by atoms with Crippen LogP contribution in [0.5, 0.6) is 0 Å². The van der Waals surface area contributed by atoms with E-state index in [1.807, 2.05) is 29.2 Å². The van der Waals surface area contributed by atoms with Crippen molar-refractivity contribution in [2.24, 2.45) is 0 Å². The molecule has 2 aliphatic rings. The van der Waals surface area contributed by atoms with Gasteiger partial charge in [-0.05, 0) is 17.7 Å². The highest BCUT2D eigenvalue weighted by Gasteiger charge is 2.32. The number of aromatic nitrogens is 2. The number of halogens is 1. The van der Waals surface area contributed by atoms with Gasteiger partial charge in [0.05, 0.1) is 12.5 Å². The van der Waals surface area contributed by atoms with Gasteiger partial charge in [-0.15, -0.1) is 0 Å². The van der Waals surface area contributed by atoms with Crippen LogP contribution in [0.25, 0.3) is 0 Å². The monoisotopic (exact) mass is 471 g/mol. The molecule has 1 aromatic carbocycles. The van der Waals surface area contributed by atoms with Crippen molar-refractivity contribution in [2.45, 2.75) is 25.8 Å². The molecular formula is C23H30ClN7O2. The lowest BCUT2D eigenvalue weighted by molar-refractivity contribution is -0.133. The average Bonchev–Trinajstić information content (AvgIpc) is 2.82. The van der Waals surface area contributed by atoms with Crippen molar-refractivity contribution >= 4 is 40.7 Å². The van der Waals surface area contributed by atoms with Gasteiger partial charge in [-0.2, -0.15) is 0 Å². The largest absolute Gasteiger partial charge is 0.359 e. The van der Waals surface area contributed by atoms with E-state index < -0.39 is 0 Å². The van der Waals surface area contributed by atoms with Crippen LogP contribution in [-0.2, 0) is 9.59 Å². The molecule has 2 N–H and O–H groups in total. The first-order chi connectivity index (χ1) is 15.8. The maximum absolute atomic E-state index is 13.5. The van der Waals surface area contributed by atoms with Gasteiger partial charge in [0, 0.05) is 50.8 Å². The lowest BCUT2D eigenvalue weighted by Gasteiger charge is -2.39. The standard InChI is InChI=1S/C23H30ClN7O2/c1-15(2)25-12-18(16-4-6-17(24)7-5-16)23(33)31-10-8-30(9-11-31)22-20-21(27-14-28-22)26-13-19(32)29(20)3/h4-7,14-15,18,25H,8-13H2,1-3H3,(H,26,27,28)/t18-/m1/s1. The molecule has 1 aromatic heterocycles. The van der Waals surface area contributed by atoms with E-state index >= 15 is 0 Å². The molecular weight excluding hydrogens is 442 g/mol. The van der Waals surface area contributed by atoms with E-state index in [-0.39, 0.29) is 30.3 Å². The second-order valence-electron chi connectivity index (χ2n) is 8.68. The molecule has 1 saturated heterocycles. The van der Waals surface area contributed by atoms with Gasteiger partial charge in [0.15, 0.2) is 11.6 Å². The summed E-state index contributed by atoms with van der Waals surface area (Å²) in [5, 5.41) is 7.12. The smallest absolute Gasteiger partial charge is 0.246 e. The summed E-state index contributed by atoms with van der Waals surface area (Å²) in [5.74, 6) is 1.16. The van der Waals surface area contributed by atoms with E-state index in [0.717, 1.165) is 5.56 Å². The van der Waals surface area contributed by atoms with Crippen LogP contribution in [0.4, 0.5) is 17.3 Å². The average molecular weight is 472 g/mol. The number of fused-ring (bicyclic) bond motifs is 1. The number of nitrogens with zero attached hydrogens (tertiary/aromatic N) is 5. The van der Waals surface area contributed by atoms with Crippen LogP contribution in [0.3, 0.4) is 0 Å². The number of carbonyl (C=O) groups is 2. The van der Waals surface area contributed by atoms with Crippen molar-refractivity contribution < 1.29 is 9.59 Å². The zero-order valence-corrected chi connectivity index (χ0v) is 20.0. The highest BCUT2D eigenvalue weighted by Crippen LogP contribution is 2.35. The highest BCUT2D eigenvalue weighted by molar-refractivity contribution is 6.30. The molecule has 0 bridgehead atoms. The molecule has 2 aromatic rings. The molecule has 4 rings (SSSR count). The second kappa shape index (κ2) is 9.93. The molecule has 0 saturated carbocycles. The van der Waals surface area contributed by atoms with Gasteiger partial charge in [-0.25, -0.2) is 9.97 Å². The van der Waals surface area contributed by atoms with Crippen LogP contribution >= 0.6 is 11.6 Å². The minimum absolute atomic E-state index is 0.0316. The summed E-state index contributed by atoms with van der Waals surface area (Å²) in [5.41, 5.74) is 1.64. The fraction of sp³-hybridized carbons (Fsp3) is 0.478. The van der Waals surface area contributed by atoms with Crippen LogP contribution in [0.1, 0.15) is 25.3 Å². The first-order valence-corrected chi connectivity index (χ1v) is 11.6. The predicted octanol–water partition coefficient (Wildman–Crippen LogP) is 1.95. The van der Waals surface area contributed by atoms with Gasteiger partial charge in [0.25, 0.3) is 0 Å². The highest BCUT2D eigenvalue weighted by atomic mass is 35.5. The predicted molar refractivity (Wildman–Crippen MR) is 130 cm³/mol. The van der Waals surface area contributed by atoms with Gasteiger partial charge in [0.1, 0.15) is 12.0 Å². The minimum atomic E-state index is -0.281. The summed E-state index contributed by atoms with van der Waals surface area (Å²) in [6, 6.07) is 7.79. The van der Waals surface area contributed by atoms with Gasteiger partial charge in [-0.1, -0.05) is 37.6 Å². The molecule has 0 aliphatic carbocycles. The molecule has 10 heteroatoms.